The third-order valence-electron chi connectivity index (χ3n) is 7.24. The number of nitrogens with zero attached hydrogens (tertiary/aromatic N) is 4. The molecule has 5 rings (SSSR count). The second-order valence-electron chi connectivity index (χ2n) is 9.50. The summed E-state index contributed by atoms with van der Waals surface area (Å²) < 4.78 is 15.2. The van der Waals surface area contributed by atoms with Crippen LogP contribution in [0.3, 0.4) is 0 Å². The van der Waals surface area contributed by atoms with Crippen molar-refractivity contribution in [2.75, 3.05) is 12.4 Å². The fraction of sp³-hybridized carbons (Fsp3) is 0.308. The third kappa shape index (κ3) is 4.42. The van der Waals surface area contributed by atoms with Crippen molar-refractivity contribution in [3.8, 4) is 0 Å². The van der Waals surface area contributed by atoms with E-state index in [0.717, 1.165) is 18.4 Å². The van der Waals surface area contributed by atoms with Gasteiger partial charge in [-0.3, -0.25) is 9.48 Å². The Morgan fingerprint density at radius 3 is 2.51 bits per heavy atom. The fourth-order valence-corrected chi connectivity index (χ4v) is 5.04. The molecule has 2 aliphatic rings. The number of carboxylic acid groups (broad SMARTS) is 1. The van der Waals surface area contributed by atoms with Crippen LogP contribution in [0.25, 0.3) is 0 Å². The number of nitrogens with one attached hydrogen (secondary N) is 1. The first-order chi connectivity index (χ1) is 17.6. The highest BCUT2D eigenvalue weighted by molar-refractivity contribution is 6.31. The summed E-state index contributed by atoms with van der Waals surface area (Å²) in [7, 11) is 1.73. The summed E-state index contributed by atoms with van der Waals surface area (Å²) in [5.74, 6) is -1.80. The van der Waals surface area contributed by atoms with Crippen LogP contribution < -0.4 is 5.32 Å². The number of halogens is 2. The van der Waals surface area contributed by atoms with Crippen LogP contribution in [0.1, 0.15) is 51.7 Å². The second kappa shape index (κ2) is 9.19. The third-order valence-corrected chi connectivity index (χ3v) is 7.53. The number of carbonyl (C=O) groups is 3. The van der Waals surface area contributed by atoms with E-state index in [4.69, 9.17) is 11.6 Å². The Balaban J connectivity index is 1.35. The molecule has 1 atom stereocenters. The molecule has 3 amide bonds. The molecule has 2 heterocycles. The maximum absolute atomic E-state index is 13.6. The van der Waals surface area contributed by atoms with Gasteiger partial charge in [-0.2, -0.15) is 5.10 Å². The van der Waals surface area contributed by atoms with Gasteiger partial charge in [0.2, 0.25) is 0 Å². The van der Waals surface area contributed by atoms with Gasteiger partial charge in [0.05, 0.1) is 52.7 Å². The summed E-state index contributed by atoms with van der Waals surface area (Å²) in [5, 5.41) is 16.2. The first-order valence-corrected chi connectivity index (χ1v) is 12.2. The number of anilines is 1. The molecule has 37 heavy (non-hydrogen) atoms. The molecule has 3 aromatic rings. The number of hydrogen-bond acceptors (Lipinski definition) is 4. The Hall–Kier alpha value is -3.92. The smallest absolute Gasteiger partial charge is 0.335 e. The minimum Gasteiger partial charge on any atom is -0.478 e. The number of benzene rings is 2. The van der Waals surface area contributed by atoms with Crippen molar-refractivity contribution >= 4 is 35.2 Å². The van der Waals surface area contributed by atoms with Gasteiger partial charge >= 0.3 is 12.0 Å². The van der Waals surface area contributed by atoms with Crippen molar-refractivity contribution in [3.63, 3.8) is 0 Å². The summed E-state index contributed by atoms with van der Waals surface area (Å²) in [6.45, 7) is 2.46. The summed E-state index contributed by atoms with van der Waals surface area (Å²) >= 11 is 5.84. The van der Waals surface area contributed by atoms with Gasteiger partial charge in [-0.05, 0) is 55.7 Å². The molecule has 2 aromatic carbocycles. The monoisotopic (exact) mass is 525 g/mol. The van der Waals surface area contributed by atoms with Crippen LogP contribution in [-0.2, 0) is 18.6 Å². The van der Waals surface area contributed by atoms with Crippen LogP contribution in [0.2, 0.25) is 5.02 Å². The molecule has 0 spiro atoms. The number of hydrogen-bond donors (Lipinski definition) is 2. The van der Waals surface area contributed by atoms with E-state index in [0.29, 0.717) is 23.5 Å². The van der Waals surface area contributed by atoms with Crippen molar-refractivity contribution in [2.24, 2.45) is 0 Å². The molecule has 1 unspecified atom stereocenters. The first-order valence-electron chi connectivity index (χ1n) is 11.8. The van der Waals surface area contributed by atoms with Crippen LogP contribution in [0.15, 0.2) is 48.7 Å². The van der Waals surface area contributed by atoms with Crippen LogP contribution in [0.5, 0.6) is 0 Å². The minimum atomic E-state index is -1.00. The lowest BCUT2D eigenvalue weighted by Gasteiger charge is -2.35. The average Bonchev–Trinajstić information content (AvgIpc) is 3.59. The average molecular weight is 526 g/mol. The topological polar surface area (TPSA) is 108 Å². The lowest BCUT2D eigenvalue weighted by atomic mass is 10.0. The van der Waals surface area contributed by atoms with Crippen LogP contribution in [0.4, 0.5) is 14.9 Å². The lowest BCUT2D eigenvalue weighted by Crippen LogP contribution is -2.47. The maximum Gasteiger partial charge on any atom is 0.335 e. The Kier molecular flexibility index (Phi) is 6.15. The van der Waals surface area contributed by atoms with E-state index in [1.807, 2.05) is 6.92 Å². The molecule has 1 fully saturated rings. The van der Waals surface area contributed by atoms with Crippen molar-refractivity contribution in [1.82, 2.24) is 19.6 Å². The predicted octanol–water partition coefficient (Wildman–Crippen LogP) is 4.57. The van der Waals surface area contributed by atoms with Crippen molar-refractivity contribution in [1.29, 1.82) is 0 Å². The van der Waals surface area contributed by atoms with Gasteiger partial charge in [0.1, 0.15) is 5.82 Å². The molecule has 1 aliphatic carbocycles. The lowest BCUT2D eigenvalue weighted by molar-refractivity contribution is 0.0685. The van der Waals surface area contributed by atoms with Gasteiger partial charge in [-0.15, -0.1) is 0 Å². The van der Waals surface area contributed by atoms with E-state index in [1.54, 1.807) is 45.8 Å². The highest BCUT2D eigenvalue weighted by Gasteiger charge is 2.50. The largest absolute Gasteiger partial charge is 0.478 e. The highest BCUT2D eigenvalue weighted by Crippen LogP contribution is 2.51. The van der Waals surface area contributed by atoms with Crippen molar-refractivity contribution in [2.45, 2.75) is 44.4 Å². The second-order valence-corrected chi connectivity index (χ2v) is 9.91. The number of fused-ring (bicyclic) bond motifs is 1. The molecule has 192 valence electrons. The molecule has 1 saturated carbocycles. The zero-order valence-corrected chi connectivity index (χ0v) is 21.0. The van der Waals surface area contributed by atoms with E-state index >= 15 is 0 Å². The van der Waals surface area contributed by atoms with E-state index in [2.05, 4.69) is 10.4 Å². The van der Waals surface area contributed by atoms with Gasteiger partial charge in [-0.1, -0.05) is 23.7 Å². The molecule has 1 aliphatic heterocycles. The normalized spacial score (nSPS) is 17.6. The summed E-state index contributed by atoms with van der Waals surface area (Å²) in [5.41, 5.74) is 1.95. The minimum absolute atomic E-state index is 0.0925. The number of carbonyl (C=O) groups excluding carboxylic acids is 2. The molecule has 2 N–H and O–H groups in total. The van der Waals surface area contributed by atoms with Gasteiger partial charge in [0.25, 0.3) is 5.91 Å². The Bertz CT molecular complexity index is 1400. The molecule has 11 heteroatoms. The molecule has 0 bridgehead atoms. The van der Waals surface area contributed by atoms with Gasteiger partial charge in [-0.25, -0.2) is 14.0 Å². The number of carboxylic acids is 1. The zero-order valence-electron chi connectivity index (χ0n) is 20.2. The Morgan fingerprint density at radius 1 is 1.19 bits per heavy atom. The van der Waals surface area contributed by atoms with Gasteiger partial charge < -0.3 is 20.2 Å². The quantitative estimate of drug-likeness (QED) is 0.507. The maximum atomic E-state index is 13.6. The zero-order chi connectivity index (χ0) is 26.5. The highest BCUT2D eigenvalue weighted by atomic mass is 35.5. The van der Waals surface area contributed by atoms with Crippen LogP contribution in [0, 0.1) is 5.82 Å². The van der Waals surface area contributed by atoms with E-state index in [9.17, 15) is 23.9 Å². The van der Waals surface area contributed by atoms with Gasteiger partial charge in [0.15, 0.2) is 0 Å². The van der Waals surface area contributed by atoms with Crippen molar-refractivity contribution < 1.29 is 23.9 Å². The van der Waals surface area contributed by atoms with Gasteiger partial charge in [0, 0.05) is 12.7 Å². The summed E-state index contributed by atoms with van der Waals surface area (Å²) in [4.78, 5) is 41.2. The Labute approximate surface area is 217 Å². The number of aromatic nitrogens is 2. The molecule has 0 saturated heterocycles. The predicted molar refractivity (Wildman–Crippen MR) is 134 cm³/mol. The number of urea groups is 1. The summed E-state index contributed by atoms with van der Waals surface area (Å²) in [6.07, 6.45) is 3.06. The molecule has 9 nitrogen and oxygen atoms in total. The van der Waals surface area contributed by atoms with Crippen LogP contribution in [-0.4, -0.2) is 55.7 Å². The standard InChI is InChI=1S/C26H25ClFN5O4/c1-15-13-33-22(14-32(15)25(37)30-18-7-8-21(28)20(27)11-18)19(12-29-33)23(34)31(2)26(9-10-26)17-5-3-16(4-6-17)24(35)36/h3-8,11-12,15H,9-10,13-14H2,1-2H3,(H,30,37)(H,35,36). The first kappa shape index (κ1) is 24.8. The van der Waals surface area contributed by atoms with Crippen molar-refractivity contribution in [3.05, 3.63) is 81.9 Å². The summed E-state index contributed by atoms with van der Waals surface area (Å²) in [6, 6.07) is 9.95. The Morgan fingerprint density at radius 2 is 1.89 bits per heavy atom. The van der Waals surface area contributed by atoms with E-state index in [1.165, 1.54) is 24.4 Å². The van der Waals surface area contributed by atoms with E-state index in [-0.39, 0.29) is 29.1 Å². The molecular weight excluding hydrogens is 501 g/mol. The molecular formula is C26H25ClFN5O4. The number of rotatable bonds is 5. The fourth-order valence-electron chi connectivity index (χ4n) is 4.85. The van der Waals surface area contributed by atoms with Crippen LogP contribution >= 0.6 is 11.6 Å². The SMILES string of the molecule is CC1Cn2ncc(C(=O)N(C)C3(c4ccc(C(=O)O)cc4)CC3)c2CN1C(=O)Nc1ccc(F)c(Cl)c1. The van der Waals surface area contributed by atoms with E-state index < -0.39 is 23.4 Å². The molecule has 0 radical (unpaired) electrons. The number of amides is 3. The molecule has 1 aromatic heterocycles. The number of aromatic carboxylic acids is 1.